The summed E-state index contributed by atoms with van der Waals surface area (Å²) in [5, 5.41) is 13.6. The Kier molecular flexibility index (Phi) is 6.34. The first-order valence-electron chi connectivity index (χ1n) is 9.84. The van der Waals surface area contributed by atoms with Crippen molar-refractivity contribution in [1.82, 2.24) is 5.32 Å². The van der Waals surface area contributed by atoms with Gasteiger partial charge < -0.3 is 15.0 Å². The molecular weight excluding hydrogens is 386 g/mol. The van der Waals surface area contributed by atoms with Gasteiger partial charge in [0.15, 0.2) is 0 Å². The standard InChI is InChI=1S/C22H25N3O5/c1-14(23-21(26)17-5-4-6-19(13-17)25(28)29)22(27)24(15(2)16-7-8-16)18-9-11-20(30-3)12-10-18/h4-6,9-16H,7-8H2,1-3H3,(H,23,26). The molecule has 0 spiro atoms. The summed E-state index contributed by atoms with van der Waals surface area (Å²) in [4.78, 5) is 38.0. The lowest BCUT2D eigenvalue weighted by Gasteiger charge is -2.32. The molecule has 0 heterocycles. The molecule has 0 saturated heterocycles. The van der Waals surface area contributed by atoms with Crippen LogP contribution in [0.15, 0.2) is 48.5 Å². The van der Waals surface area contributed by atoms with Crippen molar-refractivity contribution in [3.8, 4) is 5.75 Å². The summed E-state index contributed by atoms with van der Waals surface area (Å²) in [6.45, 7) is 3.63. The Bertz CT molecular complexity index is 940. The van der Waals surface area contributed by atoms with Gasteiger partial charge in [0.25, 0.3) is 11.6 Å². The fourth-order valence-electron chi connectivity index (χ4n) is 3.41. The molecule has 2 atom stereocenters. The number of methoxy groups -OCH3 is 1. The second-order valence-electron chi connectivity index (χ2n) is 7.49. The van der Waals surface area contributed by atoms with E-state index in [1.54, 1.807) is 31.1 Å². The topological polar surface area (TPSA) is 102 Å². The molecular formula is C22H25N3O5. The van der Waals surface area contributed by atoms with Crippen LogP contribution in [0.2, 0.25) is 0 Å². The minimum absolute atomic E-state index is 0.0111. The lowest BCUT2D eigenvalue weighted by atomic mass is 10.1. The van der Waals surface area contributed by atoms with Crippen LogP contribution in [-0.2, 0) is 4.79 Å². The number of nitrogens with one attached hydrogen (secondary N) is 1. The van der Waals surface area contributed by atoms with Gasteiger partial charge in [-0.1, -0.05) is 6.07 Å². The lowest BCUT2D eigenvalue weighted by Crippen LogP contribution is -2.50. The molecule has 1 N–H and O–H groups in total. The van der Waals surface area contributed by atoms with E-state index in [1.165, 1.54) is 24.3 Å². The molecule has 3 rings (SSSR count). The van der Waals surface area contributed by atoms with Gasteiger partial charge in [-0.2, -0.15) is 0 Å². The summed E-state index contributed by atoms with van der Waals surface area (Å²) in [7, 11) is 1.58. The molecule has 2 aromatic carbocycles. The third-order valence-electron chi connectivity index (χ3n) is 5.34. The molecule has 0 aliphatic heterocycles. The molecule has 1 aliphatic carbocycles. The number of benzene rings is 2. The highest BCUT2D eigenvalue weighted by atomic mass is 16.6. The van der Waals surface area contributed by atoms with Gasteiger partial charge in [-0.25, -0.2) is 0 Å². The van der Waals surface area contributed by atoms with E-state index in [9.17, 15) is 19.7 Å². The number of hydrogen-bond donors (Lipinski definition) is 1. The summed E-state index contributed by atoms with van der Waals surface area (Å²) in [5.74, 6) is 0.347. The van der Waals surface area contributed by atoms with E-state index < -0.39 is 16.9 Å². The third-order valence-corrected chi connectivity index (χ3v) is 5.34. The van der Waals surface area contributed by atoms with E-state index in [1.807, 2.05) is 19.1 Å². The minimum atomic E-state index is -0.805. The van der Waals surface area contributed by atoms with Crippen molar-refractivity contribution in [2.45, 2.75) is 38.8 Å². The monoisotopic (exact) mass is 411 g/mol. The van der Waals surface area contributed by atoms with E-state index in [0.717, 1.165) is 18.5 Å². The summed E-state index contributed by atoms with van der Waals surface area (Å²) in [5.41, 5.74) is 0.690. The number of amides is 2. The Morgan fingerprint density at radius 3 is 2.40 bits per heavy atom. The normalized spacial score (nSPS) is 15.0. The van der Waals surface area contributed by atoms with Crippen molar-refractivity contribution in [3.05, 3.63) is 64.2 Å². The predicted octanol–water partition coefficient (Wildman–Crippen LogP) is 3.55. The van der Waals surface area contributed by atoms with E-state index in [-0.39, 0.29) is 23.2 Å². The zero-order valence-corrected chi connectivity index (χ0v) is 17.2. The number of ether oxygens (including phenoxy) is 1. The first-order valence-corrected chi connectivity index (χ1v) is 9.84. The van der Waals surface area contributed by atoms with Crippen LogP contribution < -0.4 is 15.0 Å². The molecule has 2 aromatic rings. The summed E-state index contributed by atoms with van der Waals surface area (Å²) in [6, 6.07) is 11.8. The van der Waals surface area contributed by atoms with Crippen molar-refractivity contribution in [2.75, 3.05) is 12.0 Å². The van der Waals surface area contributed by atoms with E-state index in [2.05, 4.69) is 5.32 Å². The van der Waals surface area contributed by atoms with Gasteiger partial charge >= 0.3 is 0 Å². The van der Waals surface area contributed by atoms with Crippen molar-refractivity contribution >= 4 is 23.2 Å². The average molecular weight is 411 g/mol. The number of nitro benzene ring substituents is 1. The van der Waals surface area contributed by atoms with Gasteiger partial charge in [0, 0.05) is 29.4 Å². The van der Waals surface area contributed by atoms with Gasteiger partial charge in [0.2, 0.25) is 5.91 Å². The lowest BCUT2D eigenvalue weighted by molar-refractivity contribution is -0.384. The van der Waals surface area contributed by atoms with E-state index in [0.29, 0.717) is 11.7 Å². The Labute approximate surface area is 175 Å². The minimum Gasteiger partial charge on any atom is -0.497 e. The molecule has 8 nitrogen and oxygen atoms in total. The quantitative estimate of drug-likeness (QED) is 0.529. The molecule has 2 unspecified atom stereocenters. The first-order chi connectivity index (χ1) is 14.3. The van der Waals surface area contributed by atoms with Crippen LogP contribution in [0.5, 0.6) is 5.75 Å². The third kappa shape index (κ3) is 4.76. The van der Waals surface area contributed by atoms with Crippen LogP contribution in [0.1, 0.15) is 37.0 Å². The van der Waals surface area contributed by atoms with Crippen LogP contribution in [0, 0.1) is 16.0 Å². The zero-order valence-electron chi connectivity index (χ0n) is 17.2. The number of nitrogens with zero attached hydrogens (tertiary/aromatic N) is 2. The Balaban J connectivity index is 1.78. The average Bonchev–Trinajstić information content (AvgIpc) is 3.59. The number of carbonyl (C=O) groups is 2. The highest BCUT2D eigenvalue weighted by molar-refractivity contribution is 6.02. The smallest absolute Gasteiger partial charge is 0.270 e. The first kappa shape index (κ1) is 21.3. The summed E-state index contributed by atoms with van der Waals surface area (Å²) < 4.78 is 5.20. The van der Waals surface area contributed by atoms with Crippen molar-refractivity contribution in [2.24, 2.45) is 5.92 Å². The number of hydrogen-bond acceptors (Lipinski definition) is 5. The SMILES string of the molecule is COc1ccc(N(C(=O)C(C)NC(=O)c2cccc([N+](=O)[O-])c2)C(C)C2CC2)cc1. The van der Waals surface area contributed by atoms with Crippen molar-refractivity contribution in [3.63, 3.8) is 0 Å². The van der Waals surface area contributed by atoms with Crippen molar-refractivity contribution < 1.29 is 19.2 Å². The number of anilines is 1. The van der Waals surface area contributed by atoms with Gasteiger partial charge in [-0.15, -0.1) is 0 Å². The molecule has 1 fully saturated rings. The van der Waals surface area contributed by atoms with Gasteiger partial charge in [0.1, 0.15) is 11.8 Å². The van der Waals surface area contributed by atoms with Gasteiger partial charge in [-0.05, 0) is 62.9 Å². The number of rotatable bonds is 8. The second-order valence-corrected chi connectivity index (χ2v) is 7.49. The number of non-ortho nitro benzene ring substituents is 1. The van der Waals surface area contributed by atoms with Crippen molar-refractivity contribution in [1.29, 1.82) is 0 Å². The summed E-state index contributed by atoms with van der Waals surface area (Å²) >= 11 is 0. The second kappa shape index (κ2) is 8.94. The summed E-state index contributed by atoms with van der Waals surface area (Å²) in [6.07, 6.45) is 2.13. The van der Waals surface area contributed by atoms with Crippen LogP contribution >= 0.6 is 0 Å². The molecule has 1 aliphatic rings. The molecule has 2 amide bonds. The maximum absolute atomic E-state index is 13.3. The Morgan fingerprint density at radius 1 is 1.17 bits per heavy atom. The maximum atomic E-state index is 13.3. The highest BCUT2D eigenvalue weighted by Gasteiger charge is 2.37. The maximum Gasteiger partial charge on any atom is 0.270 e. The Morgan fingerprint density at radius 2 is 1.83 bits per heavy atom. The van der Waals surface area contributed by atoms with E-state index >= 15 is 0 Å². The molecule has 158 valence electrons. The number of carbonyl (C=O) groups excluding carboxylic acids is 2. The molecule has 0 aromatic heterocycles. The van der Waals surface area contributed by atoms with Gasteiger partial charge in [0.05, 0.1) is 12.0 Å². The van der Waals surface area contributed by atoms with Crippen LogP contribution in [-0.4, -0.2) is 35.9 Å². The molecule has 0 radical (unpaired) electrons. The van der Waals surface area contributed by atoms with Crippen LogP contribution in [0.25, 0.3) is 0 Å². The fourth-order valence-corrected chi connectivity index (χ4v) is 3.41. The molecule has 0 bridgehead atoms. The molecule has 30 heavy (non-hydrogen) atoms. The number of nitro groups is 1. The van der Waals surface area contributed by atoms with E-state index in [4.69, 9.17) is 4.74 Å². The fraction of sp³-hybridized carbons (Fsp3) is 0.364. The Hall–Kier alpha value is -3.42. The predicted molar refractivity (Wildman–Crippen MR) is 113 cm³/mol. The van der Waals surface area contributed by atoms with Gasteiger partial charge in [-0.3, -0.25) is 19.7 Å². The molecule has 1 saturated carbocycles. The molecule has 8 heteroatoms. The van der Waals surface area contributed by atoms with Crippen LogP contribution in [0.3, 0.4) is 0 Å². The zero-order chi connectivity index (χ0) is 21.8. The van der Waals surface area contributed by atoms with Crippen LogP contribution in [0.4, 0.5) is 11.4 Å². The highest BCUT2D eigenvalue weighted by Crippen LogP contribution is 2.37. The largest absolute Gasteiger partial charge is 0.497 e.